The van der Waals surface area contributed by atoms with E-state index in [1.165, 1.54) is 77.0 Å². The Bertz CT molecular complexity index is 767. The molecule has 2 aliphatic rings. The van der Waals surface area contributed by atoms with E-state index in [1.54, 1.807) is 0 Å². The molecule has 1 aromatic rings. The minimum Gasteiger partial charge on any atom is -0.371 e. The third-order valence-corrected chi connectivity index (χ3v) is 7.61. The van der Waals surface area contributed by atoms with Gasteiger partial charge in [0.05, 0.1) is 5.56 Å². The summed E-state index contributed by atoms with van der Waals surface area (Å²) in [5.74, 6) is 0.177. The minimum absolute atomic E-state index is 0.0613. The molecule has 0 aliphatic carbocycles. The number of carbonyl (C=O) groups excluding carboxylic acids is 2. The fraction of sp³-hybridized carbons (Fsp3) is 0.733. The van der Waals surface area contributed by atoms with Crippen LogP contribution in [0.15, 0.2) is 18.2 Å². The van der Waals surface area contributed by atoms with Gasteiger partial charge >= 0.3 is 0 Å². The summed E-state index contributed by atoms with van der Waals surface area (Å²) in [6.45, 7) is 5.96. The number of piperidine rings is 1. The molecule has 3 rings (SSSR count). The van der Waals surface area contributed by atoms with Crippen molar-refractivity contribution in [2.24, 2.45) is 0 Å². The van der Waals surface area contributed by atoms with Crippen LogP contribution >= 0.6 is 0 Å². The average molecular weight is 484 g/mol. The van der Waals surface area contributed by atoms with E-state index < -0.39 is 0 Å². The smallest absolute Gasteiger partial charge is 0.256 e. The van der Waals surface area contributed by atoms with Crippen molar-refractivity contribution in [2.75, 3.05) is 36.4 Å². The zero-order valence-corrected chi connectivity index (χ0v) is 22.3. The predicted octanol–water partition coefficient (Wildman–Crippen LogP) is 7.55. The van der Waals surface area contributed by atoms with Gasteiger partial charge in [-0.05, 0) is 56.7 Å². The van der Waals surface area contributed by atoms with Crippen LogP contribution in [0.3, 0.4) is 0 Å². The van der Waals surface area contributed by atoms with E-state index >= 15 is 0 Å². The van der Waals surface area contributed by atoms with Gasteiger partial charge in [0.25, 0.3) is 5.91 Å². The van der Waals surface area contributed by atoms with Crippen molar-refractivity contribution >= 4 is 23.2 Å². The fourth-order valence-electron chi connectivity index (χ4n) is 5.46. The van der Waals surface area contributed by atoms with Crippen molar-refractivity contribution in [2.45, 2.75) is 116 Å². The Kier molecular flexibility index (Phi) is 12.5. The summed E-state index contributed by atoms with van der Waals surface area (Å²) in [6.07, 6.45) is 20.4. The first kappa shape index (κ1) is 27.5. The van der Waals surface area contributed by atoms with Crippen LogP contribution in [0.1, 0.15) is 126 Å². The molecule has 0 radical (unpaired) electrons. The largest absolute Gasteiger partial charge is 0.371 e. The molecule has 0 saturated carbocycles. The maximum Gasteiger partial charge on any atom is 0.256 e. The van der Waals surface area contributed by atoms with Gasteiger partial charge in [0.2, 0.25) is 5.91 Å². The molecule has 1 N–H and O–H groups in total. The molecule has 0 unspecified atom stereocenters. The Labute approximate surface area is 214 Å². The molecule has 5 heteroatoms. The van der Waals surface area contributed by atoms with E-state index in [4.69, 9.17) is 0 Å². The molecule has 2 aliphatic heterocycles. The second-order valence-corrected chi connectivity index (χ2v) is 10.6. The Morgan fingerprint density at radius 2 is 1.31 bits per heavy atom. The molecule has 0 aromatic heterocycles. The first-order chi connectivity index (χ1) is 17.2. The third-order valence-electron chi connectivity index (χ3n) is 7.61. The number of rotatable bonds is 15. The lowest BCUT2D eigenvalue weighted by molar-refractivity contribution is -0.116. The fourth-order valence-corrected chi connectivity index (χ4v) is 5.46. The van der Waals surface area contributed by atoms with E-state index in [0.29, 0.717) is 6.42 Å². The zero-order chi connectivity index (χ0) is 24.7. The molecular formula is C30H49N3O2. The summed E-state index contributed by atoms with van der Waals surface area (Å²) in [7, 11) is 0. The van der Waals surface area contributed by atoms with Crippen LogP contribution in [-0.4, -0.2) is 42.9 Å². The molecule has 5 nitrogen and oxygen atoms in total. The van der Waals surface area contributed by atoms with Crippen LogP contribution in [0.4, 0.5) is 11.4 Å². The molecule has 0 atom stereocenters. The number of anilines is 2. The number of carbonyl (C=O) groups is 2. The Hall–Kier alpha value is -2.04. The number of benzene rings is 1. The number of likely N-dealkylation sites (tertiary alicyclic amines) is 1. The van der Waals surface area contributed by atoms with E-state index in [1.807, 2.05) is 23.1 Å². The second kappa shape index (κ2) is 15.9. The average Bonchev–Trinajstić information content (AvgIpc) is 3.42. The van der Waals surface area contributed by atoms with Gasteiger partial charge in [-0.3, -0.25) is 9.59 Å². The van der Waals surface area contributed by atoms with E-state index in [0.717, 1.165) is 68.8 Å². The van der Waals surface area contributed by atoms with Gasteiger partial charge in [0.1, 0.15) is 0 Å². The van der Waals surface area contributed by atoms with Crippen LogP contribution < -0.4 is 10.2 Å². The lowest BCUT2D eigenvalue weighted by Crippen LogP contribution is -2.34. The zero-order valence-electron chi connectivity index (χ0n) is 22.3. The molecule has 0 bridgehead atoms. The monoisotopic (exact) mass is 483 g/mol. The van der Waals surface area contributed by atoms with Crippen molar-refractivity contribution in [3.05, 3.63) is 23.8 Å². The van der Waals surface area contributed by atoms with Gasteiger partial charge in [0.15, 0.2) is 0 Å². The van der Waals surface area contributed by atoms with Crippen LogP contribution in [0, 0.1) is 0 Å². The normalized spacial score (nSPS) is 16.0. The lowest BCUT2D eigenvalue weighted by atomic mass is 10.0. The van der Waals surface area contributed by atoms with Crippen molar-refractivity contribution in [1.82, 2.24) is 4.90 Å². The van der Waals surface area contributed by atoms with Crippen LogP contribution in [0.2, 0.25) is 0 Å². The van der Waals surface area contributed by atoms with E-state index in [9.17, 15) is 9.59 Å². The highest BCUT2D eigenvalue weighted by molar-refractivity contribution is 6.02. The summed E-state index contributed by atoms with van der Waals surface area (Å²) in [5, 5.41) is 3.07. The highest BCUT2D eigenvalue weighted by Crippen LogP contribution is 2.29. The van der Waals surface area contributed by atoms with Crippen LogP contribution in [0.5, 0.6) is 0 Å². The number of hydrogen-bond acceptors (Lipinski definition) is 3. The van der Waals surface area contributed by atoms with Crippen molar-refractivity contribution in [3.63, 3.8) is 0 Å². The maximum absolute atomic E-state index is 13.3. The molecular weight excluding hydrogens is 434 g/mol. The van der Waals surface area contributed by atoms with Crippen molar-refractivity contribution < 1.29 is 9.59 Å². The quantitative estimate of drug-likeness (QED) is 0.262. The number of amides is 2. The van der Waals surface area contributed by atoms with Crippen molar-refractivity contribution in [1.29, 1.82) is 0 Å². The first-order valence-electron chi connectivity index (χ1n) is 14.7. The van der Waals surface area contributed by atoms with Gasteiger partial charge in [-0.1, -0.05) is 71.1 Å². The number of unbranched alkanes of at least 4 members (excludes halogenated alkanes) is 10. The first-order valence-corrected chi connectivity index (χ1v) is 14.7. The number of hydrogen-bond donors (Lipinski definition) is 1. The minimum atomic E-state index is 0.0613. The Morgan fingerprint density at radius 3 is 1.94 bits per heavy atom. The van der Waals surface area contributed by atoms with Gasteiger partial charge in [-0.15, -0.1) is 0 Å². The number of nitrogens with one attached hydrogen (secondary N) is 1. The lowest BCUT2D eigenvalue weighted by Gasteiger charge is -2.31. The topological polar surface area (TPSA) is 52.7 Å². The number of nitrogens with zero attached hydrogens (tertiary/aromatic N) is 2. The molecule has 2 saturated heterocycles. The highest BCUT2D eigenvalue weighted by Gasteiger charge is 2.25. The molecule has 2 heterocycles. The second-order valence-electron chi connectivity index (χ2n) is 10.6. The maximum atomic E-state index is 13.3. The standard InChI is InChI=1S/C30H49N3O2/c1-2-3-4-5-6-7-8-9-10-11-13-18-29(34)31-26-19-20-28(32-21-14-12-15-22-32)27(25-26)30(35)33-23-16-17-24-33/h19-20,25H,2-18,21-24H2,1H3,(H,31,34). The Balaban J connectivity index is 1.43. The molecule has 196 valence electrons. The Morgan fingerprint density at radius 1 is 0.743 bits per heavy atom. The summed E-state index contributed by atoms with van der Waals surface area (Å²) < 4.78 is 0. The molecule has 0 spiro atoms. The summed E-state index contributed by atoms with van der Waals surface area (Å²) in [4.78, 5) is 30.2. The van der Waals surface area contributed by atoms with Crippen molar-refractivity contribution in [3.8, 4) is 0 Å². The van der Waals surface area contributed by atoms with Crippen LogP contribution in [0.25, 0.3) is 0 Å². The summed E-state index contributed by atoms with van der Waals surface area (Å²) >= 11 is 0. The third kappa shape index (κ3) is 9.50. The van der Waals surface area contributed by atoms with Crippen LogP contribution in [-0.2, 0) is 4.79 Å². The summed E-state index contributed by atoms with van der Waals surface area (Å²) in [6, 6.07) is 5.94. The predicted molar refractivity (Wildman–Crippen MR) is 147 cm³/mol. The summed E-state index contributed by atoms with van der Waals surface area (Å²) in [5.41, 5.74) is 2.53. The molecule has 35 heavy (non-hydrogen) atoms. The van der Waals surface area contributed by atoms with E-state index in [2.05, 4.69) is 17.1 Å². The molecule has 1 aromatic carbocycles. The molecule has 2 fully saturated rings. The highest BCUT2D eigenvalue weighted by atomic mass is 16.2. The SMILES string of the molecule is CCCCCCCCCCCCCC(=O)Nc1ccc(N2CCCCC2)c(C(=O)N2CCCC2)c1. The van der Waals surface area contributed by atoms with Gasteiger partial charge < -0.3 is 15.1 Å². The molecule has 2 amide bonds. The van der Waals surface area contributed by atoms with Gasteiger partial charge in [0, 0.05) is 44.0 Å². The van der Waals surface area contributed by atoms with E-state index in [-0.39, 0.29) is 11.8 Å². The van der Waals surface area contributed by atoms with Gasteiger partial charge in [-0.2, -0.15) is 0 Å². The van der Waals surface area contributed by atoms with Gasteiger partial charge in [-0.25, -0.2) is 0 Å².